The molecule has 0 aromatic heterocycles. The molecule has 0 unspecified atom stereocenters. The second kappa shape index (κ2) is 4.33. The first-order valence-corrected chi connectivity index (χ1v) is 6.37. The molecule has 0 N–H and O–H groups in total. The molecule has 0 saturated carbocycles. The van der Waals surface area contributed by atoms with Gasteiger partial charge in [-0.2, -0.15) is 0 Å². The number of hydrogen-bond acceptors (Lipinski definition) is 3. The van der Waals surface area contributed by atoms with E-state index in [0.717, 1.165) is 0 Å². The van der Waals surface area contributed by atoms with Crippen molar-refractivity contribution in [2.75, 3.05) is 5.75 Å². The van der Waals surface area contributed by atoms with Gasteiger partial charge in [0.05, 0.1) is 10.6 Å². The van der Waals surface area contributed by atoms with Crippen LogP contribution in [0.1, 0.15) is 24.2 Å². The quantitative estimate of drug-likeness (QED) is 0.761. The fourth-order valence-corrected chi connectivity index (χ4v) is 2.99. The summed E-state index contributed by atoms with van der Waals surface area (Å²) in [5.41, 5.74) is -1.53. The van der Waals surface area contributed by atoms with Gasteiger partial charge in [-0.3, -0.25) is 4.79 Å². The summed E-state index contributed by atoms with van der Waals surface area (Å²) in [7, 11) is -3.68. The molecular weight excluding hydrogens is 231 g/mol. The maximum Gasteiger partial charge on any atom is 0.181 e. The highest BCUT2D eigenvalue weighted by Gasteiger charge is 2.26. The van der Waals surface area contributed by atoms with Crippen LogP contribution in [0.15, 0.2) is 29.2 Å². The first-order chi connectivity index (χ1) is 7.24. The zero-order chi connectivity index (χ0) is 12.4. The first-order valence-electron chi connectivity index (χ1n) is 4.71. The second-order valence-electron chi connectivity index (χ2n) is 4.17. The van der Waals surface area contributed by atoms with E-state index in [0.29, 0.717) is 6.29 Å². The first kappa shape index (κ1) is 12.8. The van der Waals surface area contributed by atoms with Gasteiger partial charge >= 0.3 is 0 Å². The van der Waals surface area contributed by atoms with Gasteiger partial charge in [0, 0.05) is 5.56 Å². The number of sulfone groups is 1. The van der Waals surface area contributed by atoms with Crippen molar-refractivity contribution in [3.05, 3.63) is 29.8 Å². The van der Waals surface area contributed by atoms with Crippen LogP contribution in [0, 0.1) is 0 Å². The molecule has 0 aliphatic heterocycles. The van der Waals surface area contributed by atoms with Gasteiger partial charge in [0.15, 0.2) is 9.84 Å². The molecule has 0 bridgehead atoms. The maximum absolute atomic E-state index is 13.3. The van der Waals surface area contributed by atoms with Crippen LogP contribution in [0.3, 0.4) is 0 Å². The van der Waals surface area contributed by atoms with Gasteiger partial charge in [-0.05, 0) is 26.0 Å². The molecule has 0 aliphatic rings. The van der Waals surface area contributed by atoms with Crippen LogP contribution >= 0.6 is 0 Å². The van der Waals surface area contributed by atoms with Gasteiger partial charge in [-0.15, -0.1) is 0 Å². The molecule has 1 aromatic rings. The summed E-state index contributed by atoms with van der Waals surface area (Å²) in [4.78, 5) is 10.5. The van der Waals surface area contributed by atoms with E-state index in [4.69, 9.17) is 0 Å². The third-order valence-electron chi connectivity index (χ3n) is 1.89. The Morgan fingerprint density at radius 1 is 1.38 bits per heavy atom. The van der Waals surface area contributed by atoms with Crippen molar-refractivity contribution in [1.29, 1.82) is 0 Å². The lowest BCUT2D eigenvalue weighted by molar-refractivity contribution is 0.112. The standard InChI is InChI=1S/C11H13FO3S/c1-11(2,12)8-16(14,15)10-5-3-4-9(6-10)7-13/h3-7H,8H2,1-2H3. The minimum atomic E-state index is -3.68. The molecule has 0 spiro atoms. The summed E-state index contributed by atoms with van der Waals surface area (Å²) >= 11 is 0. The van der Waals surface area contributed by atoms with Crippen LogP contribution in [0.5, 0.6) is 0 Å². The van der Waals surface area contributed by atoms with Crippen LogP contribution in [-0.4, -0.2) is 26.1 Å². The molecule has 0 atom stereocenters. The van der Waals surface area contributed by atoms with Crippen LogP contribution in [0.4, 0.5) is 4.39 Å². The second-order valence-corrected chi connectivity index (χ2v) is 6.16. The van der Waals surface area contributed by atoms with Crippen molar-refractivity contribution >= 4 is 16.1 Å². The molecule has 5 heteroatoms. The Morgan fingerprint density at radius 2 is 2.00 bits per heavy atom. The Hall–Kier alpha value is -1.23. The number of hydrogen-bond donors (Lipinski definition) is 0. The zero-order valence-electron chi connectivity index (χ0n) is 9.10. The molecule has 16 heavy (non-hydrogen) atoms. The number of benzene rings is 1. The molecule has 0 heterocycles. The van der Waals surface area contributed by atoms with Crippen molar-refractivity contribution in [2.45, 2.75) is 24.4 Å². The van der Waals surface area contributed by atoms with Crippen molar-refractivity contribution in [2.24, 2.45) is 0 Å². The van der Waals surface area contributed by atoms with E-state index in [9.17, 15) is 17.6 Å². The minimum absolute atomic E-state index is 0.0252. The molecule has 1 aromatic carbocycles. The molecular formula is C11H13FO3S. The van der Waals surface area contributed by atoms with Gasteiger partial charge in [0.2, 0.25) is 0 Å². The molecule has 0 radical (unpaired) electrons. The maximum atomic E-state index is 13.3. The Balaban J connectivity index is 3.12. The lowest BCUT2D eigenvalue weighted by atomic mass is 10.2. The number of carbonyl (C=O) groups excluding carboxylic acids is 1. The average Bonchev–Trinajstić information content (AvgIpc) is 2.14. The third-order valence-corrected chi connectivity index (χ3v) is 3.93. The molecule has 3 nitrogen and oxygen atoms in total. The number of aldehydes is 1. The smallest absolute Gasteiger partial charge is 0.181 e. The summed E-state index contributed by atoms with van der Waals surface area (Å²) in [5.74, 6) is -0.595. The van der Waals surface area contributed by atoms with Gasteiger partial charge in [-0.25, -0.2) is 12.8 Å². The van der Waals surface area contributed by atoms with E-state index < -0.39 is 21.3 Å². The Bertz CT molecular complexity index is 486. The van der Waals surface area contributed by atoms with Crippen LogP contribution < -0.4 is 0 Å². The summed E-state index contributed by atoms with van der Waals surface area (Å²) < 4.78 is 36.8. The molecule has 0 fully saturated rings. The number of alkyl halides is 1. The van der Waals surface area contributed by atoms with E-state index in [1.54, 1.807) is 0 Å². The van der Waals surface area contributed by atoms with Crippen molar-refractivity contribution in [3.63, 3.8) is 0 Å². The Labute approximate surface area is 94.2 Å². The average molecular weight is 244 g/mol. The monoisotopic (exact) mass is 244 g/mol. The fourth-order valence-electron chi connectivity index (χ4n) is 1.32. The lowest BCUT2D eigenvalue weighted by Crippen LogP contribution is -2.25. The predicted octanol–water partition coefficient (Wildman–Crippen LogP) is 2.02. The summed E-state index contributed by atoms with van der Waals surface area (Å²) in [6.45, 7) is 2.41. The van der Waals surface area contributed by atoms with Crippen molar-refractivity contribution in [3.8, 4) is 0 Å². The Kier molecular flexibility index (Phi) is 3.48. The van der Waals surface area contributed by atoms with Crippen LogP contribution in [0.25, 0.3) is 0 Å². The van der Waals surface area contributed by atoms with E-state index in [1.165, 1.54) is 38.1 Å². The van der Waals surface area contributed by atoms with Crippen molar-refractivity contribution < 1.29 is 17.6 Å². The SMILES string of the molecule is CC(C)(F)CS(=O)(=O)c1cccc(C=O)c1. The predicted molar refractivity (Wildman–Crippen MR) is 59.1 cm³/mol. The highest BCUT2D eigenvalue weighted by molar-refractivity contribution is 7.91. The minimum Gasteiger partial charge on any atom is -0.298 e. The number of halogens is 1. The van der Waals surface area contributed by atoms with E-state index >= 15 is 0 Å². The van der Waals surface area contributed by atoms with Gasteiger partial charge in [0.25, 0.3) is 0 Å². The summed E-state index contributed by atoms with van der Waals surface area (Å²) in [6.07, 6.45) is 0.555. The van der Waals surface area contributed by atoms with Gasteiger partial charge in [-0.1, -0.05) is 12.1 Å². The number of rotatable bonds is 4. The van der Waals surface area contributed by atoms with Crippen LogP contribution in [0.2, 0.25) is 0 Å². The highest BCUT2D eigenvalue weighted by Crippen LogP contribution is 2.19. The third kappa shape index (κ3) is 3.41. The topological polar surface area (TPSA) is 51.2 Å². The molecule has 88 valence electrons. The molecule has 1 rings (SSSR count). The molecule has 0 aliphatic carbocycles. The molecule has 0 saturated heterocycles. The number of carbonyl (C=O) groups is 1. The van der Waals surface area contributed by atoms with Crippen LogP contribution in [-0.2, 0) is 9.84 Å². The lowest BCUT2D eigenvalue weighted by Gasteiger charge is -2.14. The van der Waals surface area contributed by atoms with Crippen molar-refractivity contribution in [1.82, 2.24) is 0 Å². The van der Waals surface area contributed by atoms with Gasteiger partial charge < -0.3 is 0 Å². The summed E-state index contributed by atoms with van der Waals surface area (Å²) in [5, 5.41) is 0. The summed E-state index contributed by atoms with van der Waals surface area (Å²) in [6, 6.07) is 5.55. The van der Waals surface area contributed by atoms with E-state index in [-0.39, 0.29) is 10.5 Å². The zero-order valence-corrected chi connectivity index (χ0v) is 9.92. The normalized spacial score (nSPS) is 12.4. The van der Waals surface area contributed by atoms with Gasteiger partial charge in [0.1, 0.15) is 12.0 Å². The highest BCUT2D eigenvalue weighted by atomic mass is 32.2. The fraction of sp³-hybridized carbons (Fsp3) is 0.364. The molecule has 0 amide bonds. The Morgan fingerprint density at radius 3 is 2.50 bits per heavy atom. The van der Waals surface area contributed by atoms with E-state index in [2.05, 4.69) is 0 Å². The largest absolute Gasteiger partial charge is 0.298 e. The van der Waals surface area contributed by atoms with E-state index in [1.807, 2.05) is 0 Å².